The Kier molecular flexibility index (Phi) is 2.98. The average molecular weight is 282 g/mol. The van der Waals surface area contributed by atoms with E-state index in [0.717, 1.165) is 10.9 Å². The van der Waals surface area contributed by atoms with Crippen LogP contribution in [0.2, 0.25) is 0 Å². The summed E-state index contributed by atoms with van der Waals surface area (Å²) in [6.07, 6.45) is 1.09. The van der Waals surface area contributed by atoms with Gasteiger partial charge in [-0.05, 0) is 34.2 Å². The maximum atomic E-state index is 12.3. The van der Waals surface area contributed by atoms with E-state index in [1.807, 2.05) is 0 Å². The van der Waals surface area contributed by atoms with Gasteiger partial charge in [-0.15, -0.1) is 0 Å². The number of anilines is 1. The average Bonchev–Trinajstić information content (AvgIpc) is 2.72. The molecule has 0 amide bonds. The third-order valence-corrected chi connectivity index (χ3v) is 4.36. The van der Waals surface area contributed by atoms with E-state index >= 15 is 0 Å². The van der Waals surface area contributed by atoms with Gasteiger partial charge in [0.25, 0.3) is 0 Å². The topological polar surface area (TPSA) is 121 Å². The van der Waals surface area contributed by atoms with Gasteiger partial charge in [0.1, 0.15) is 0 Å². The lowest BCUT2D eigenvalue weighted by molar-refractivity contribution is -0.392. The molecule has 2 rings (SSSR count). The Morgan fingerprint density at radius 2 is 1.89 bits per heavy atom. The molecule has 0 radical (unpaired) electrons. The summed E-state index contributed by atoms with van der Waals surface area (Å²) in [5.41, 5.74) is 5.88. The molecule has 0 fully saturated rings. The van der Waals surface area contributed by atoms with Crippen molar-refractivity contribution >= 4 is 21.3 Å². The predicted octanol–water partition coefficient (Wildman–Crippen LogP) is 0.743. The zero-order valence-electron chi connectivity index (χ0n) is 9.85. The maximum absolute atomic E-state index is 12.3. The van der Waals surface area contributed by atoms with Crippen LogP contribution in [-0.4, -0.2) is 22.9 Å². The van der Waals surface area contributed by atoms with Gasteiger partial charge in [0.15, 0.2) is 0 Å². The Labute approximate surface area is 108 Å². The van der Waals surface area contributed by atoms with Gasteiger partial charge in [0.05, 0.1) is 4.90 Å². The number of imidazole rings is 1. The largest absolute Gasteiger partial charge is 0.401 e. The van der Waals surface area contributed by atoms with Gasteiger partial charge in [-0.25, -0.2) is 8.42 Å². The van der Waals surface area contributed by atoms with Crippen molar-refractivity contribution in [2.75, 3.05) is 5.73 Å². The molecule has 0 saturated carbocycles. The first-order chi connectivity index (χ1) is 8.84. The fourth-order valence-corrected chi connectivity index (χ4v) is 3.11. The number of nitrogens with zero attached hydrogens (tertiary/aromatic N) is 3. The molecular weight excluding hydrogens is 272 g/mol. The molecule has 8 nitrogen and oxygen atoms in total. The van der Waals surface area contributed by atoms with E-state index in [4.69, 9.17) is 5.73 Å². The quantitative estimate of drug-likeness (QED) is 0.503. The fraction of sp³-hybridized carbons (Fsp3) is 0.100. The van der Waals surface area contributed by atoms with E-state index in [2.05, 4.69) is 4.98 Å². The molecule has 0 aliphatic heterocycles. The van der Waals surface area contributed by atoms with Crippen molar-refractivity contribution in [1.29, 1.82) is 0 Å². The zero-order valence-corrected chi connectivity index (χ0v) is 10.7. The molecule has 2 N–H and O–H groups in total. The van der Waals surface area contributed by atoms with Crippen LogP contribution in [0.1, 0.15) is 0 Å². The van der Waals surface area contributed by atoms with E-state index < -0.39 is 25.6 Å². The van der Waals surface area contributed by atoms with Crippen LogP contribution in [0.4, 0.5) is 11.5 Å². The summed E-state index contributed by atoms with van der Waals surface area (Å²) in [7, 11) is -2.64. The van der Waals surface area contributed by atoms with Crippen LogP contribution < -0.4 is 5.73 Å². The van der Waals surface area contributed by atoms with Crippen molar-refractivity contribution in [2.45, 2.75) is 9.92 Å². The van der Waals surface area contributed by atoms with Gasteiger partial charge in [-0.2, -0.15) is 0 Å². The molecule has 1 aromatic carbocycles. The van der Waals surface area contributed by atoms with Crippen LogP contribution in [-0.2, 0) is 16.9 Å². The van der Waals surface area contributed by atoms with E-state index in [1.165, 1.54) is 31.3 Å². The maximum Gasteiger partial charge on any atom is 0.401 e. The number of aryl methyl sites for hydroxylation is 1. The highest BCUT2D eigenvalue weighted by Crippen LogP contribution is 2.27. The lowest BCUT2D eigenvalue weighted by Crippen LogP contribution is -2.09. The normalized spacial score (nSPS) is 11.4. The predicted molar refractivity (Wildman–Crippen MR) is 66.2 cm³/mol. The highest BCUT2D eigenvalue weighted by Gasteiger charge is 2.32. The number of sulfone groups is 1. The van der Waals surface area contributed by atoms with Gasteiger partial charge in [0.2, 0.25) is 21.2 Å². The van der Waals surface area contributed by atoms with Crippen molar-refractivity contribution in [3.05, 3.63) is 40.7 Å². The number of nitrogen functional groups attached to an aromatic ring is 1. The molecule has 0 bridgehead atoms. The number of hydrogen-bond acceptors (Lipinski definition) is 6. The molecule has 100 valence electrons. The van der Waals surface area contributed by atoms with Crippen molar-refractivity contribution < 1.29 is 13.3 Å². The Hall–Kier alpha value is -2.42. The summed E-state index contributed by atoms with van der Waals surface area (Å²) >= 11 is 0. The summed E-state index contributed by atoms with van der Waals surface area (Å²) < 4.78 is 25.8. The van der Waals surface area contributed by atoms with Crippen LogP contribution in [0, 0.1) is 10.1 Å². The second kappa shape index (κ2) is 4.35. The van der Waals surface area contributed by atoms with Crippen LogP contribution in [0.25, 0.3) is 0 Å². The molecule has 2 aromatic rings. The molecular formula is C10H10N4O4S. The van der Waals surface area contributed by atoms with Gasteiger partial charge in [-0.3, -0.25) is 4.57 Å². The van der Waals surface area contributed by atoms with E-state index in [-0.39, 0.29) is 4.90 Å². The highest BCUT2D eigenvalue weighted by molar-refractivity contribution is 7.91. The van der Waals surface area contributed by atoms with Gasteiger partial charge < -0.3 is 15.8 Å². The molecule has 19 heavy (non-hydrogen) atoms. The highest BCUT2D eigenvalue weighted by atomic mass is 32.2. The molecule has 9 heteroatoms. The standard InChI is InChI=1S/C10H10N4O4S/c1-13-6-12-9(14(15)16)10(13)19(17,18)8-4-2-7(11)3-5-8/h2-6H,11H2,1H3. The Bertz CT molecular complexity index is 733. The Morgan fingerprint density at radius 1 is 1.32 bits per heavy atom. The molecule has 1 aromatic heterocycles. The Balaban J connectivity index is 2.66. The lowest BCUT2D eigenvalue weighted by Gasteiger charge is -2.04. The second-order valence-corrected chi connectivity index (χ2v) is 5.68. The summed E-state index contributed by atoms with van der Waals surface area (Å²) in [5, 5.41) is 10.4. The second-order valence-electron chi connectivity index (χ2n) is 3.81. The van der Waals surface area contributed by atoms with Crippen molar-refractivity contribution in [2.24, 2.45) is 7.05 Å². The van der Waals surface area contributed by atoms with E-state index in [0.29, 0.717) is 5.69 Å². The molecule has 0 aliphatic rings. The van der Waals surface area contributed by atoms with Crippen molar-refractivity contribution in [3.8, 4) is 0 Å². The lowest BCUT2D eigenvalue weighted by atomic mass is 10.3. The number of nitro groups is 1. The minimum Gasteiger partial charge on any atom is -0.399 e. The fourth-order valence-electron chi connectivity index (χ4n) is 1.60. The summed E-state index contributed by atoms with van der Waals surface area (Å²) in [6.45, 7) is 0. The zero-order chi connectivity index (χ0) is 14.2. The van der Waals surface area contributed by atoms with Gasteiger partial charge >= 0.3 is 5.82 Å². The van der Waals surface area contributed by atoms with Gasteiger partial charge in [0, 0.05) is 12.7 Å². The number of aromatic nitrogens is 2. The number of rotatable bonds is 3. The number of nitrogens with two attached hydrogens (primary N) is 1. The number of hydrogen-bond donors (Lipinski definition) is 1. The summed E-state index contributed by atoms with van der Waals surface area (Å²) in [6, 6.07) is 5.41. The molecule has 0 aliphatic carbocycles. The number of benzene rings is 1. The van der Waals surface area contributed by atoms with Gasteiger partial charge in [-0.1, -0.05) is 0 Å². The van der Waals surface area contributed by atoms with Crippen LogP contribution in [0.5, 0.6) is 0 Å². The molecule has 0 spiro atoms. The van der Waals surface area contributed by atoms with E-state index in [9.17, 15) is 18.5 Å². The minimum absolute atomic E-state index is 0.0756. The van der Waals surface area contributed by atoms with Crippen molar-refractivity contribution in [3.63, 3.8) is 0 Å². The minimum atomic E-state index is -4.02. The molecule has 0 atom stereocenters. The third kappa shape index (κ3) is 2.15. The van der Waals surface area contributed by atoms with Crippen LogP contribution >= 0.6 is 0 Å². The Morgan fingerprint density at radius 3 is 2.42 bits per heavy atom. The summed E-state index contributed by atoms with van der Waals surface area (Å²) in [5.74, 6) is -0.695. The van der Waals surface area contributed by atoms with E-state index in [1.54, 1.807) is 0 Å². The van der Waals surface area contributed by atoms with Crippen LogP contribution in [0.3, 0.4) is 0 Å². The SMILES string of the molecule is Cn1cnc([N+](=O)[O-])c1S(=O)(=O)c1ccc(N)cc1. The smallest absolute Gasteiger partial charge is 0.399 e. The third-order valence-electron chi connectivity index (χ3n) is 2.48. The van der Waals surface area contributed by atoms with Crippen molar-refractivity contribution in [1.82, 2.24) is 9.55 Å². The first-order valence-electron chi connectivity index (χ1n) is 5.10. The molecule has 0 saturated heterocycles. The molecule has 0 unspecified atom stereocenters. The van der Waals surface area contributed by atoms with Crippen LogP contribution in [0.15, 0.2) is 40.5 Å². The summed E-state index contributed by atoms with van der Waals surface area (Å²) in [4.78, 5) is 13.4. The molecule has 1 heterocycles. The monoisotopic (exact) mass is 282 g/mol. The first-order valence-corrected chi connectivity index (χ1v) is 6.58. The first kappa shape index (κ1) is 13.0.